The molecule has 5 aromatic carbocycles. The first kappa shape index (κ1) is 20.4. The maximum Gasteiger partial charge on any atom is 0.116 e. The second-order valence-corrected chi connectivity index (χ2v) is 11.5. The normalized spacial score (nSPS) is 11.2. The first-order valence-corrected chi connectivity index (χ1v) is 13.0. The highest BCUT2D eigenvalue weighted by Gasteiger charge is 2.45. The summed E-state index contributed by atoms with van der Waals surface area (Å²) in [7, 11) is -1.86. The lowest BCUT2D eigenvalue weighted by atomic mass is 10.0. The first-order valence-electron chi connectivity index (χ1n) is 11.1. The highest BCUT2D eigenvalue weighted by Crippen LogP contribution is 2.58. The predicted octanol–water partition coefficient (Wildman–Crippen LogP) is 6.85. The molecule has 0 fully saturated rings. The van der Waals surface area contributed by atoms with Crippen molar-refractivity contribution in [2.45, 2.75) is 6.16 Å². The van der Waals surface area contributed by atoms with Gasteiger partial charge in [-0.1, -0.05) is 109 Å². The van der Waals surface area contributed by atoms with Gasteiger partial charge in [-0.05, 0) is 53.1 Å². The molecule has 32 heavy (non-hydrogen) atoms. The molecule has 0 saturated heterocycles. The van der Waals surface area contributed by atoms with Crippen molar-refractivity contribution in [2.24, 2.45) is 0 Å². The summed E-state index contributed by atoms with van der Waals surface area (Å²) < 4.78 is 0. The van der Waals surface area contributed by atoms with E-state index >= 15 is 0 Å². The van der Waals surface area contributed by atoms with Crippen molar-refractivity contribution in [3.63, 3.8) is 0 Å². The van der Waals surface area contributed by atoms with Gasteiger partial charge in [-0.3, -0.25) is 0 Å². The first-order chi connectivity index (χ1) is 15.9. The van der Waals surface area contributed by atoms with E-state index in [1.807, 2.05) is 0 Å². The summed E-state index contributed by atoms with van der Waals surface area (Å²) in [4.78, 5) is 0. The van der Waals surface area contributed by atoms with Crippen molar-refractivity contribution >= 4 is 23.2 Å². The van der Waals surface area contributed by atoms with Gasteiger partial charge >= 0.3 is 0 Å². The minimum atomic E-state index is -1.86. The zero-order valence-electron chi connectivity index (χ0n) is 18.0. The zero-order valence-corrected chi connectivity index (χ0v) is 18.9. The van der Waals surface area contributed by atoms with Gasteiger partial charge in [0.25, 0.3) is 0 Å². The zero-order chi connectivity index (χ0) is 21.6. The van der Waals surface area contributed by atoms with Crippen LogP contribution in [-0.2, 0) is 6.16 Å². The lowest BCUT2D eigenvalue weighted by Crippen LogP contribution is -2.32. The van der Waals surface area contributed by atoms with Crippen molar-refractivity contribution < 1.29 is 0 Å². The summed E-state index contributed by atoms with van der Waals surface area (Å²) in [5, 5.41) is 4.26. The Hall–Kier alpha value is -3.47. The van der Waals surface area contributed by atoms with Gasteiger partial charge in [0.1, 0.15) is 23.2 Å². The number of hydrogen-bond donors (Lipinski definition) is 0. The monoisotopic (exact) mass is 429 g/mol. The van der Waals surface area contributed by atoms with E-state index in [-0.39, 0.29) is 0 Å². The molecule has 0 aliphatic carbocycles. The molecule has 0 heterocycles. The van der Waals surface area contributed by atoms with Gasteiger partial charge in [-0.25, -0.2) is 0 Å². The van der Waals surface area contributed by atoms with Crippen molar-refractivity contribution in [2.75, 3.05) is 0 Å². The maximum atomic E-state index is 2.31. The van der Waals surface area contributed by atoms with E-state index in [4.69, 9.17) is 0 Å². The SMILES string of the molecule is c1ccc(-c2ccc(C[P+](c3ccccc3)(c3ccccc3)c3ccccc3)cc2)cc1. The molecule has 0 saturated carbocycles. The molecule has 0 N–H and O–H groups in total. The number of rotatable bonds is 6. The van der Waals surface area contributed by atoms with Crippen LogP contribution in [0.3, 0.4) is 0 Å². The summed E-state index contributed by atoms with van der Waals surface area (Å²) >= 11 is 0. The fraction of sp³-hybridized carbons (Fsp3) is 0.0323. The molecule has 0 spiro atoms. The van der Waals surface area contributed by atoms with Gasteiger partial charge < -0.3 is 0 Å². The van der Waals surface area contributed by atoms with Crippen LogP contribution >= 0.6 is 7.26 Å². The molecule has 5 rings (SSSR count). The van der Waals surface area contributed by atoms with Gasteiger partial charge in [-0.15, -0.1) is 0 Å². The summed E-state index contributed by atoms with van der Waals surface area (Å²) in [6.07, 6.45) is 1.00. The summed E-state index contributed by atoms with van der Waals surface area (Å²) in [5.74, 6) is 0. The summed E-state index contributed by atoms with van der Waals surface area (Å²) in [6, 6.07) is 53.0. The second-order valence-electron chi connectivity index (χ2n) is 8.04. The Balaban J connectivity index is 1.65. The maximum absolute atomic E-state index is 2.31. The van der Waals surface area contributed by atoms with E-state index in [1.54, 1.807) is 0 Å². The van der Waals surface area contributed by atoms with Crippen molar-refractivity contribution in [3.8, 4) is 11.1 Å². The molecule has 0 unspecified atom stereocenters. The quantitative estimate of drug-likeness (QED) is 0.259. The Morgan fingerprint density at radius 2 is 0.688 bits per heavy atom. The fourth-order valence-corrected chi connectivity index (χ4v) is 8.72. The van der Waals surface area contributed by atoms with E-state index in [0.717, 1.165) is 6.16 Å². The molecule has 0 aromatic heterocycles. The van der Waals surface area contributed by atoms with Crippen LogP contribution in [0.1, 0.15) is 5.56 Å². The molecule has 1 heteroatoms. The van der Waals surface area contributed by atoms with Crippen molar-refractivity contribution in [1.29, 1.82) is 0 Å². The van der Waals surface area contributed by atoms with Gasteiger partial charge in [0, 0.05) is 0 Å². The van der Waals surface area contributed by atoms with Gasteiger partial charge in [0.2, 0.25) is 0 Å². The van der Waals surface area contributed by atoms with E-state index in [2.05, 4.69) is 146 Å². The third kappa shape index (κ3) is 4.03. The molecule has 0 atom stereocenters. The molecule has 0 nitrogen and oxygen atoms in total. The standard InChI is InChI=1S/C31H26P/c1-5-13-27(14-6-1)28-23-21-26(22-24-28)25-32(29-15-7-2-8-16-29,30-17-9-3-10-18-30)31-19-11-4-12-20-31/h1-24H,25H2/q+1. The van der Waals surface area contributed by atoms with Crippen LogP contribution in [0.15, 0.2) is 146 Å². The molecular formula is C31H26P+. The Kier molecular flexibility index (Phi) is 5.97. The van der Waals surface area contributed by atoms with Crippen LogP contribution in [0.5, 0.6) is 0 Å². The second kappa shape index (κ2) is 9.35. The van der Waals surface area contributed by atoms with Crippen LogP contribution in [-0.4, -0.2) is 0 Å². The molecule has 0 bridgehead atoms. The lowest BCUT2D eigenvalue weighted by Gasteiger charge is -2.28. The van der Waals surface area contributed by atoms with Crippen molar-refractivity contribution in [3.05, 3.63) is 151 Å². The Morgan fingerprint density at radius 1 is 0.344 bits per heavy atom. The van der Waals surface area contributed by atoms with Crippen LogP contribution in [0.2, 0.25) is 0 Å². The smallest absolute Gasteiger partial charge is 0.0622 e. The van der Waals surface area contributed by atoms with Gasteiger partial charge in [0.15, 0.2) is 0 Å². The summed E-state index contributed by atoms with van der Waals surface area (Å²) in [6.45, 7) is 0. The molecule has 5 aromatic rings. The van der Waals surface area contributed by atoms with Crippen LogP contribution in [0.4, 0.5) is 0 Å². The Morgan fingerprint density at radius 3 is 1.09 bits per heavy atom. The lowest BCUT2D eigenvalue weighted by molar-refractivity contribution is 1.39. The molecular weight excluding hydrogens is 403 g/mol. The number of hydrogen-bond acceptors (Lipinski definition) is 0. The Bertz CT molecular complexity index is 1150. The third-order valence-corrected chi connectivity index (χ3v) is 10.5. The highest BCUT2D eigenvalue weighted by atomic mass is 31.2. The van der Waals surface area contributed by atoms with Crippen LogP contribution in [0, 0.1) is 0 Å². The molecule has 154 valence electrons. The average Bonchev–Trinajstić information content (AvgIpc) is 2.90. The molecule has 0 aliphatic rings. The fourth-order valence-electron chi connectivity index (χ4n) is 4.48. The van der Waals surface area contributed by atoms with Gasteiger partial charge in [-0.2, -0.15) is 0 Å². The van der Waals surface area contributed by atoms with E-state index in [0.29, 0.717) is 0 Å². The van der Waals surface area contributed by atoms with Crippen molar-refractivity contribution in [1.82, 2.24) is 0 Å². The Labute approximate surface area is 191 Å². The molecule has 0 radical (unpaired) electrons. The highest BCUT2D eigenvalue weighted by molar-refractivity contribution is 7.95. The minimum Gasteiger partial charge on any atom is -0.0622 e. The molecule has 0 aliphatic heterocycles. The average molecular weight is 430 g/mol. The minimum absolute atomic E-state index is 1.00. The molecule has 0 amide bonds. The van der Waals surface area contributed by atoms with Gasteiger partial charge in [0.05, 0.1) is 6.16 Å². The van der Waals surface area contributed by atoms with E-state index in [9.17, 15) is 0 Å². The summed E-state index contributed by atoms with van der Waals surface area (Å²) in [5.41, 5.74) is 3.89. The predicted molar refractivity (Wildman–Crippen MR) is 141 cm³/mol. The number of benzene rings is 5. The van der Waals surface area contributed by atoms with E-state index in [1.165, 1.54) is 32.6 Å². The van der Waals surface area contributed by atoms with Crippen LogP contribution < -0.4 is 15.9 Å². The largest absolute Gasteiger partial charge is 0.116 e. The third-order valence-electron chi connectivity index (χ3n) is 6.07. The van der Waals surface area contributed by atoms with E-state index < -0.39 is 7.26 Å². The van der Waals surface area contributed by atoms with Crippen LogP contribution in [0.25, 0.3) is 11.1 Å². The topological polar surface area (TPSA) is 0 Å².